The van der Waals surface area contributed by atoms with Crippen LogP contribution in [-0.2, 0) is 11.2 Å². The van der Waals surface area contributed by atoms with Crippen molar-refractivity contribution < 1.29 is 4.79 Å². The third-order valence-electron chi connectivity index (χ3n) is 3.81. The molecule has 0 aliphatic heterocycles. The molecule has 3 nitrogen and oxygen atoms in total. The summed E-state index contributed by atoms with van der Waals surface area (Å²) < 4.78 is -1.65. The van der Waals surface area contributed by atoms with Crippen molar-refractivity contribution in [1.29, 1.82) is 0 Å². The van der Waals surface area contributed by atoms with E-state index in [0.29, 0.717) is 6.42 Å². The fourth-order valence-electron chi connectivity index (χ4n) is 2.48. The number of rotatable bonds is 10. The summed E-state index contributed by atoms with van der Waals surface area (Å²) in [5, 5.41) is 5.85. The number of aryl methyl sites for hydroxylation is 1. The maximum atomic E-state index is 12.0. The molecule has 2 N–H and O–H groups in total. The van der Waals surface area contributed by atoms with E-state index in [4.69, 9.17) is 34.8 Å². The van der Waals surface area contributed by atoms with Crippen LogP contribution in [0.25, 0.3) is 0 Å². The van der Waals surface area contributed by atoms with Crippen LogP contribution in [0.3, 0.4) is 0 Å². The molecule has 25 heavy (non-hydrogen) atoms. The number of hydrogen-bond donors (Lipinski definition) is 2. The van der Waals surface area contributed by atoms with E-state index in [1.54, 1.807) is 0 Å². The number of alkyl halides is 3. The Balaban J connectivity index is 2.63. The highest BCUT2D eigenvalue weighted by Crippen LogP contribution is 2.31. The molecule has 1 aromatic rings. The lowest BCUT2D eigenvalue weighted by Crippen LogP contribution is -2.49. The van der Waals surface area contributed by atoms with Gasteiger partial charge < -0.3 is 10.6 Å². The molecule has 0 fully saturated rings. The largest absolute Gasteiger partial charge is 0.362 e. The summed E-state index contributed by atoms with van der Waals surface area (Å²) in [5.74, 6) is 0.0920. The lowest BCUT2D eigenvalue weighted by molar-refractivity contribution is -0.122. The van der Waals surface area contributed by atoms with E-state index in [9.17, 15) is 4.79 Å². The first kappa shape index (κ1) is 22.4. The van der Waals surface area contributed by atoms with Crippen molar-refractivity contribution in [3.8, 4) is 0 Å². The van der Waals surface area contributed by atoms with Gasteiger partial charge in [0.1, 0.15) is 6.17 Å². The molecule has 0 aliphatic carbocycles. The lowest BCUT2D eigenvalue weighted by Gasteiger charge is -2.27. The molecule has 0 aromatic heterocycles. The maximum absolute atomic E-state index is 12.0. The Bertz CT molecular complexity index is 512. The standard InChI is InChI=1S/C19H29Cl3N2O/c1-4-5-6-7-8-15-9-11-16(12-10-15)23-18(19(20,21)22)24-17(25)13-14(2)3/h9-12,14,18,23H,4-8,13H2,1-3H3,(H,24,25). The normalized spacial score (nSPS) is 12.9. The average Bonchev–Trinajstić information content (AvgIpc) is 2.51. The first-order chi connectivity index (χ1) is 11.7. The minimum Gasteiger partial charge on any atom is -0.362 e. The van der Waals surface area contributed by atoms with Gasteiger partial charge in [0.25, 0.3) is 0 Å². The van der Waals surface area contributed by atoms with E-state index >= 15 is 0 Å². The molecule has 0 saturated heterocycles. The van der Waals surface area contributed by atoms with Crippen molar-refractivity contribution in [3.63, 3.8) is 0 Å². The number of anilines is 1. The van der Waals surface area contributed by atoms with Crippen LogP contribution in [-0.4, -0.2) is 15.9 Å². The molecule has 1 unspecified atom stereocenters. The lowest BCUT2D eigenvalue weighted by atomic mass is 10.1. The fraction of sp³-hybridized carbons (Fsp3) is 0.632. The molecule has 142 valence electrons. The van der Waals surface area contributed by atoms with Crippen molar-refractivity contribution in [3.05, 3.63) is 29.8 Å². The molecule has 0 aliphatic rings. The zero-order chi connectivity index (χ0) is 18.9. The number of halogens is 3. The van der Waals surface area contributed by atoms with Crippen molar-refractivity contribution in [2.24, 2.45) is 5.92 Å². The molecule has 0 bridgehead atoms. The Morgan fingerprint density at radius 1 is 1.08 bits per heavy atom. The zero-order valence-electron chi connectivity index (χ0n) is 15.2. The van der Waals surface area contributed by atoms with Gasteiger partial charge in [-0.25, -0.2) is 0 Å². The first-order valence-electron chi connectivity index (χ1n) is 8.94. The van der Waals surface area contributed by atoms with Crippen LogP contribution in [0.4, 0.5) is 5.69 Å². The van der Waals surface area contributed by atoms with Crippen molar-refractivity contribution in [2.45, 2.75) is 69.3 Å². The smallest absolute Gasteiger partial charge is 0.228 e. The maximum Gasteiger partial charge on any atom is 0.228 e. The highest BCUT2D eigenvalue weighted by molar-refractivity contribution is 6.68. The van der Waals surface area contributed by atoms with Crippen LogP contribution < -0.4 is 10.6 Å². The van der Waals surface area contributed by atoms with Crippen molar-refractivity contribution in [1.82, 2.24) is 5.32 Å². The molecule has 0 heterocycles. The van der Waals surface area contributed by atoms with Crippen molar-refractivity contribution >= 4 is 46.4 Å². The Hall–Kier alpha value is -0.640. The second kappa shape index (κ2) is 11.2. The van der Waals surface area contributed by atoms with Gasteiger partial charge in [-0.15, -0.1) is 0 Å². The van der Waals surface area contributed by atoms with E-state index in [-0.39, 0.29) is 11.8 Å². The van der Waals surface area contributed by atoms with Crippen LogP contribution >= 0.6 is 34.8 Å². The van der Waals surface area contributed by atoms with Gasteiger partial charge in [-0.2, -0.15) is 0 Å². The Morgan fingerprint density at radius 3 is 2.24 bits per heavy atom. The molecule has 1 aromatic carbocycles. The quantitative estimate of drug-likeness (QED) is 0.280. The summed E-state index contributed by atoms with van der Waals surface area (Å²) in [4.78, 5) is 12.0. The van der Waals surface area contributed by atoms with Gasteiger partial charge in [0.05, 0.1) is 0 Å². The van der Waals surface area contributed by atoms with Crippen LogP contribution in [0.5, 0.6) is 0 Å². The van der Waals surface area contributed by atoms with E-state index < -0.39 is 9.96 Å². The van der Waals surface area contributed by atoms with Gasteiger partial charge in [0, 0.05) is 12.1 Å². The Labute approximate surface area is 166 Å². The highest BCUT2D eigenvalue weighted by atomic mass is 35.6. The third kappa shape index (κ3) is 9.58. The van der Waals surface area contributed by atoms with Gasteiger partial charge >= 0.3 is 0 Å². The van der Waals surface area contributed by atoms with E-state index in [2.05, 4.69) is 29.7 Å². The second-order valence-corrected chi connectivity index (χ2v) is 9.16. The number of carbonyl (C=O) groups is 1. The fourth-order valence-corrected chi connectivity index (χ4v) is 2.81. The van der Waals surface area contributed by atoms with Crippen molar-refractivity contribution in [2.75, 3.05) is 5.32 Å². The molecule has 0 spiro atoms. The topological polar surface area (TPSA) is 41.1 Å². The SMILES string of the molecule is CCCCCCc1ccc(NC(NC(=O)CC(C)C)C(Cl)(Cl)Cl)cc1. The molecule has 1 atom stereocenters. The molecule has 1 rings (SSSR count). The number of unbranched alkanes of at least 4 members (excludes halogenated alkanes) is 3. The van der Waals surface area contributed by atoms with E-state index in [1.807, 2.05) is 26.0 Å². The minimum atomic E-state index is -1.65. The summed E-state index contributed by atoms with van der Waals surface area (Å²) >= 11 is 18.0. The zero-order valence-corrected chi connectivity index (χ0v) is 17.5. The number of nitrogens with one attached hydrogen (secondary N) is 2. The van der Waals surface area contributed by atoms with Crippen LogP contribution in [0.2, 0.25) is 0 Å². The number of benzene rings is 1. The molecule has 1 amide bonds. The predicted molar refractivity (Wildman–Crippen MR) is 110 cm³/mol. The summed E-state index contributed by atoms with van der Waals surface area (Å²) in [6.07, 6.45) is 5.63. The number of amides is 1. The second-order valence-electron chi connectivity index (χ2n) is 6.79. The van der Waals surface area contributed by atoms with Gasteiger partial charge in [-0.1, -0.05) is 87.0 Å². The minimum absolute atomic E-state index is 0.147. The molecule has 6 heteroatoms. The van der Waals surface area contributed by atoms with Crippen LogP contribution in [0.1, 0.15) is 58.4 Å². The van der Waals surface area contributed by atoms with Crippen LogP contribution in [0.15, 0.2) is 24.3 Å². The molecule has 0 saturated carbocycles. The predicted octanol–water partition coefficient (Wildman–Crippen LogP) is 6.08. The van der Waals surface area contributed by atoms with Gasteiger partial charge in [-0.3, -0.25) is 4.79 Å². The third-order valence-corrected chi connectivity index (χ3v) is 4.46. The average molecular weight is 408 g/mol. The van der Waals surface area contributed by atoms with Gasteiger partial charge in [-0.05, 0) is 36.5 Å². The van der Waals surface area contributed by atoms with E-state index in [1.165, 1.54) is 31.2 Å². The van der Waals surface area contributed by atoms with Gasteiger partial charge in [0.15, 0.2) is 0 Å². The Morgan fingerprint density at radius 2 is 1.72 bits per heavy atom. The summed E-state index contributed by atoms with van der Waals surface area (Å²) in [7, 11) is 0. The van der Waals surface area contributed by atoms with Crippen LogP contribution in [0, 0.1) is 5.92 Å². The summed E-state index contributed by atoms with van der Waals surface area (Å²) in [6.45, 7) is 6.15. The summed E-state index contributed by atoms with van der Waals surface area (Å²) in [6, 6.07) is 8.04. The molecular weight excluding hydrogens is 379 g/mol. The first-order valence-corrected chi connectivity index (χ1v) is 10.1. The molecular formula is C19H29Cl3N2O. The summed E-state index contributed by atoms with van der Waals surface area (Å²) in [5.41, 5.74) is 2.09. The Kier molecular flexibility index (Phi) is 9.99. The number of hydrogen-bond acceptors (Lipinski definition) is 2. The molecule has 0 radical (unpaired) electrons. The van der Waals surface area contributed by atoms with E-state index in [0.717, 1.165) is 12.1 Å². The highest BCUT2D eigenvalue weighted by Gasteiger charge is 2.34. The monoisotopic (exact) mass is 406 g/mol. The number of carbonyl (C=O) groups excluding carboxylic acids is 1. The van der Waals surface area contributed by atoms with Gasteiger partial charge in [0.2, 0.25) is 9.70 Å².